The Bertz CT molecular complexity index is 560. The van der Waals surface area contributed by atoms with Crippen LogP contribution in [-0.2, 0) is 19.3 Å². The lowest BCUT2D eigenvalue weighted by Crippen LogP contribution is -2.38. The summed E-state index contributed by atoms with van der Waals surface area (Å²) in [4.78, 5) is 2.86. The van der Waals surface area contributed by atoms with Gasteiger partial charge < -0.3 is 0 Å². The number of rotatable bonds is 6. The zero-order valence-electron chi connectivity index (χ0n) is 12.6. The minimum absolute atomic E-state index is 0.292. The topological polar surface area (TPSA) is 38.0 Å². The molecule has 0 spiro atoms. The normalized spacial score (nSPS) is 12.6. The zero-order chi connectivity index (χ0) is 14.5. The van der Waals surface area contributed by atoms with Crippen LogP contribution in [-0.4, -0.2) is 6.04 Å². The molecular formula is C17H24N2S. The van der Waals surface area contributed by atoms with Crippen molar-refractivity contribution in [2.24, 2.45) is 5.84 Å². The lowest BCUT2D eigenvalue weighted by Gasteiger charge is -2.16. The largest absolute Gasteiger partial charge is 0.271 e. The molecule has 2 aromatic rings. The Morgan fingerprint density at radius 3 is 2.40 bits per heavy atom. The molecule has 0 saturated carbocycles. The lowest BCUT2D eigenvalue weighted by atomic mass is 9.99. The van der Waals surface area contributed by atoms with Crippen LogP contribution in [0.15, 0.2) is 30.3 Å². The summed E-state index contributed by atoms with van der Waals surface area (Å²) in [5.41, 5.74) is 7.01. The van der Waals surface area contributed by atoms with E-state index in [0.717, 1.165) is 19.3 Å². The van der Waals surface area contributed by atoms with E-state index in [0.29, 0.717) is 6.04 Å². The van der Waals surface area contributed by atoms with Gasteiger partial charge in [0, 0.05) is 15.8 Å². The van der Waals surface area contributed by atoms with E-state index in [1.165, 1.54) is 26.4 Å². The maximum Gasteiger partial charge on any atom is 0.0299 e. The lowest BCUT2D eigenvalue weighted by molar-refractivity contribution is 0.525. The number of hydrogen-bond donors (Lipinski definition) is 2. The summed E-state index contributed by atoms with van der Waals surface area (Å²) in [6.45, 7) is 6.51. The Balaban J connectivity index is 2.02. The van der Waals surface area contributed by atoms with E-state index < -0.39 is 0 Å². The first kappa shape index (κ1) is 15.2. The molecule has 0 aliphatic heterocycles. The van der Waals surface area contributed by atoms with Crippen molar-refractivity contribution in [1.29, 1.82) is 0 Å². The Morgan fingerprint density at radius 1 is 1.05 bits per heavy atom. The van der Waals surface area contributed by atoms with Gasteiger partial charge in [0.25, 0.3) is 0 Å². The number of hydrogen-bond acceptors (Lipinski definition) is 3. The quantitative estimate of drug-likeness (QED) is 0.630. The molecule has 20 heavy (non-hydrogen) atoms. The predicted octanol–water partition coefficient (Wildman–Crippen LogP) is 3.54. The summed E-state index contributed by atoms with van der Waals surface area (Å²) >= 11 is 1.90. The fourth-order valence-corrected chi connectivity index (χ4v) is 3.41. The van der Waals surface area contributed by atoms with E-state index >= 15 is 0 Å². The summed E-state index contributed by atoms with van der Waals surface area (Å²) in [5, 5.41) is 0. The molecule has 1 aromatic heterocycles. The molecule has 3 N–H and O–H groups in total. The van der Waals surface area contributed by atoms with E-state index in [4.69, 9.17) is 5.84 Å². The molecule has 2 nitrogen and oxygen atoms in total. The van der Waals surface area contributed by atoms with Gasteiger partial charge in [-0.25, -0.2) is 0 Å². The Kier molecular flexibility index (Phi) is 5.35. The molecule has 1 heterocycles. The summed E-state index contributed by atoms with van der Waals surface area (Å²) in [6, 6.07) is 11.4. The molecule has 1 atom stereocenters. The van der Waals surface area contributed by atoms with Crippen LogP contribution in [0.5, 0.6) is 0 Å². The highest BCUT2D eigenvalue weighted by atomic mass is 32.1. The standard InChI is InChI=1S/C17H24N2S/c1-4-16-7-8-17(20-16)11-15(19-18)10-14-6-5-12(2)13(3)9-14/h5-9,15,19H,4,10-11,18H2,1-3H3. The van der Waals surface area contributed by atoms with Crippen molar-refractivity contribution in [3.8, 4) is 0 Å². The van der Waals surface area contributed by atoms with Crippen LogP contribution < -0.4 is 11.3 Å². The van der Waals surface area contributed by atoms with Crippen molar-refractivity contribution in [1.82, 2.24) is 5.43 Å². The van der Waals surface area contributed by atoms with Crippen LogP contribution in [0, 0.1) is 13.8 Å². The Hall–Kier alpha value is -1.16. The predicted molar refractivity (Wildman–Crippen MR) is 88.1 cm³/mol. The smallest absolute Gasteiger partial charge is 0.0299 e. The first-order chi connectivity index (χ1) is 9.62. The Morgan fingerprint density at radius 2 is 1.80 bits per heavy atom. The molecule has 0 saturated heterocycles. The van der Waals surface area contributed by atoms with Gasteiger partial charge in [-0.1, -0.05) is 25.1 Å². The highest BCUT2D eigenvalue weighted by molar-refractivity contribution is 7.11. The monoisotopic (exact) mass is 288 g/mol. The third kappa shape index (κ3) is 3.92. The SMILES string of the molecule is CCc1ccc(CC(Cc2ccc(C)c(C)c2)NN)s1. The molecule has 0 radical (unpaired) electrons. The van der Waals surface area contributed by atoms with Crippen molar-refractivity contribution in [3.05, 3.63) is 56.8 Å². The van der Waals surface area contributed by atoms with Crippen LogP contribution in [0.25, 0.3) is 0 Å². The second-order valence-corrected chi connectivity index (χ2v) is 6.66. The third-order valence-electron chi connectivity index (χ3n) is 3.80. The van der Waals surface area contributed by atoms with Crippen molar-refractivity contribution >= 4 is 11.3 Å². The van der Waals surface area contributed by atoms with Crippen LogP contribution in [0.3, 0.4) is 0 Å². The first-order valence-corrected chi connectivity index (χ1v) is 8.04. The minimum atomic E-state index is 0.292. The maximum absolute atomic E-state index is 5.73. The second kappa shape index (κ2) is 7.02. The van der Waals surface area contributed by atoms with Gasteiger partial charge in [0.1, 0.15) is 0 Å². The fourth-order valence-electron chi connectivity index (χ4n) is 2.37. The average Bonchev–Trinajstić information content (AvgIpc) is 2.90. The van der Waals surface area contributed by atoms with E-state index in [1.807, 2.05) is 11.3 Å². The molecule has 0 fully saturated rings. The number of aryl methyl sites for hydroxylation is 3. The molecule has 0 bridgehead atoms. The zero-order valence-corrected chi connectivity index (χ0v) is 13.4. The van der Waals surface area contributed by atoms with Gasteiger partial charge in [-0.2, -0.15) is 0 Å². The van der Waals surface area contributed by atoms with Gasteiger partial charge in [-0.3, -0.25) is 11.3 Å². The van der Waals surface area contributed by atoms with Gasteiger partial charge in [0.15, 0.2) is 0 Å². The van der Waals surface area contributed by atoms with Gasteiger partial charge in [0.2, 0.25) is 0 Å². The molecule has 0 amide bonds. The molecule has 0 aliphatic rings. The molecule has 1 aromatic carbocycles. The average molecular weight is 288 g/mol. The molecule has 2 rings (SSSR count). The number of hydrazine groups is 1. The first-order valence-electron chi connectivity index (χ1n) is 7.22. The number of nitrogens with one attached hydrogen (secondary N) is 1. The number of nitrogens with two attached hydrogens (primary N) is 1. The maximum atomic E-state index is 5.73. The minimum Gasteiger partial charge on any atom is -0.271 e. The molecule has 1 unspecified atom stereocenters. The highest BCUT2D eigenvalue weighted by Gasteiger charge is 2.11. The van der Waals surface area contributed by atoms with Gasteiger partial charge in [-0.15, -0.1) is 11.3 Å². The van der Waals surface area contributed by atoms with Crippen LogP contribution in [0.1, 0.15) is 33.4 Å². The van der Waals surface area contributed by atoms with Gasteiger partial charge in [0.05, 0.1) is 0 Å². The fraction of sp³-hybridized carbons (Fsp3) is 0.412. The van der Waals surface area contributed by atoms with Gasteiger partial charge >= 0.3 is 0 Å². The summed E-state index contributed by atoms with van der Waals surface area (Å²) < 4.78 is 0. The van der Waals surface area contributed by atoms with Crippen LogP contribution in [0.4, 0.5) is 0 Å². The van der Waals surface area contributed by atoms with Crippen molar-refractivity contribution in [2.45, 2.75) is 46.1 Å². The van der Waals surface area contributed by atoms with E-state index in [1.54, 1.807) is 0 Å². The summed E-state index contributed by atoms with van der Waals surface area (Å²) in [7, 11) is 0. The third-order valence-corrected chi connectivity index (χ3v) is 5.05. The van der Waals surface area contributed by atoms with Crippen molar-refractivity contribution < 1.29 is 0 Å². The summed E-state index contributed by atoms with van der Waals surface area (Å²) in [5.74, 6) is 5.73. The van der Waals surface area contributed by atoms with Crippen molar-refractivity contribution in [3.63, 3.8) is 0 Å². The van der Waals surface area contributed by atoms with Crippen LogP contribution in [0.2, 0.25) is 0 Å². The molecule has 3 heteroatoms. The number of thiophene rings is 1. The van der Waals surface area contributed by atoms with E-state index in [-0.39, 0.29) is 0 Å². The Labute approximate surface area is 126 Å². The molecule has 108 valence electrons. The van der Waals surface area contributed by atoms with Gasteiger partial charge in [-0.05, 0) is 61.9 Å². The van der Waals surface area contributed by atoms with Crippen molar-refractivity contribution in [2.75, 3.05) is 0 Å². The van der Waals surface area contributed by atoms with Crippen LogP contribution >= 0.6 is 11.3 Å². The molecule has 0 aliphatic carbocycles. The van der Waals surface area contributed by atoms with E-state index in [9.17, 15) is 0 Å². The summed E-state index contributed by atoms with van der Waals surface area (Å²) in [6.07, 6.45) is 3.08. The molecular weight excluding hydrogens is 264 g/mol. The number of benzene rings is 1. The second-order valence-electron chi connectivity index (χ2n) is 5.41. The van der Waals surface area contributed by atoms with E-state index in [2.05, 4.69) is 56.5 Å². The highest BCUT2D eigenvalue weighted by Crippen LogP contribution is 2.20.